The van der Waals surface area contributed by atoms with E-state index in [0.29, 0.717) is 12.8 Å². The van der Waals surface area contributed by atoms with Gasteiger partial charge in [-0.05, 0) is 53.3 Å². The van der Waals surface area contributed by atoms with Crippen molar-refractivity contribution in [3.63, 3.8) is 0 Å². The molecule has 0 amide bonds. The number of aliphatic hydroxyl groups excluding tert-OH is 2. The van der Waals surface area contributed by atoms with Crippen LogP contribution in [0.15, 0.2) is 17.5 Å². The van der Waals surface area contributed by atoms with Crippen LogP contribution in [0.2, 0.25) is 0 Å². The Morgan fingerprint density at radius 2 is 1.80 bits per heavy atom. The Bertz CT molecular complexity index is 677. The van der Waals surface area contributed by atoms with E-state index in [0.717, 1.165) is 25.8 Å². The van der Waals surface area contributed by atoms with E-state index < -0.39 is 0 Å². The average molecular weight is 302 g/mol. The van der Waals surface area contributed by atoms with Crippen LogP contribution in [0, 0.1) is 24.2 Å². The molecule has 4 heteroatoms. The van der Waals surface area contributed by atoms with Crippen LogP contribution < -0.4 is 0 Å². The number of terminal acetylenes is 1. The standard InChI is InChI=1S/C16H14O2S2/c1-2-15-13(6-9-18)11-14(20-15)3-4-16-12(5-8-17)7-10-19-16/h1,7,10-11,17-18H,5-6,8-9H2. The van der Waals surface area contributed by atoms with Crippen molar-refractivity contribution >= 4 is 22.7 Å². The van der Waals surface area contributed by atoms with Gasteiger partial charge in [0.1, 0.15) is 0 Å². The van der Waals surface area contributed by atoms with Crippen molar-refractivity contribution in [3.05, 3.63) is 43.3 Å². The highest BCUT2D eigenvalue weighted by Gasteiger charge is 2.05. The van der Waals surface area contributed by atoms with E-state index in [1.165, 1.54) is 11.3 Å². The van der Waals surface area contributed by atoms with E-state index in [2.05, 4.69) is 17.8 Å². The van der Waals surface area contributed by atoms with Crippen LogP contribution in [0.1, 0.15) is 25.8 Å². The summed E-state index contributed by atoms with van der Waals surface area (Å²) in [7, 11) is 0. The molecule has 2 aromatic rings. The summed E-state index contributed by atoms with van der Waals surface area (Å²) in [5, 5.41) is 20.0. The molecule has 0 aliphatic carbocycles. The van der Waals surface area contributed by atoms with Gasteiger partial charge < -0.3 is 10.2 Å². The van der Waals surface area contributed by atoms with Crippen LogP contribution in [0.25, 0.3) is 0 Å². The van der Waals surface area contributed by atoms with Gasteiger partial charge in [0.25, 0.3) is 0 Å². The minimum atomic E-state index is 0.0872. The second kappa shape index (κ2) is 7.28. The van der Waals surface area contributed by atoms with Gasteiger partial charge in [0, 0.05) is 13.2 Å². The Kier molecular flexibility index (Phi) is 5.40. The highest BCUT2D eigenvalue weighted by molar-refractivity contribution is 7.13. The van der Waals surface area contributed by atoms with Gasteiger partial charge in [-0.2, -0.15) is 0 Å². The second-order valence-electron chi connectivity index (χ2n) is 4.08. The first-order valence-electron chi connectivity index (χ1n) is 6.18. The summed E-state index contributed by atoms with van der Waals surface area (Å²) in [5.74, 6) is 8.89. The zero-order valence-corrected chi connectivity index (χ0v) is 12.5. The number of rotatable bonds is 4. The topological polar surface area (TPSA) is 40.5 Å². The third kappa shape index (κ3) is 3.50. The van der Waals surface area contributed by atoms with Crippen molar-refractivity contribution in [1.29, 1.82) is 0 Å². The number of hydrogen-bond acceptors (Lipinski definition) is 4. The Labute approximate surface area is 126 Å². The quantitative estimate of drug-likeness (QED) is 0.851. The molecule has 102 valence electrons. The summed E-state index contributed by atoms with van der Waals surface area (Å²) in [6.07, 6.45) is 6.64. The van der Waals surface area contributed by atoms with E-state index in [9.17, 15) is 0 Å². The lowest BCUT2D eigenvalue weighted by Crippen LogP contribution is -1.90. The monoisotopic (exact) mass is 302 g/mol. The molecule has 0 saturated heterocycles. The number of thiophene rings is 2. The number of hydrogen-bond donors (Lipinski definition) is 2. The fraction of sp³-hybridized carbons (Fsp3) is 0.250. The molecule has 0 unspecified atom stereocenters. The lowest BCUT2D eigenvalue weighted by Gasteiger charge is -1.92. The molecular weight excluding hydrogens is 288 g/mol. The molecule has 2 N–H and O–H groups in total. The van der Waals surface area contributed by atoms with Crippen molar-refractivity contribution in [2.24, 2.45) is 0 Å². The highest BCUT2D eigenvalue weighted by atomic mass is 32.1. The molecular formula is C16H14O2S2. The minimum absolute atomic E-state index is 0.0872. The molecule has 0 aliphatic rings. The third-order valence-electron chi connectivity index (χ3n) is 2.75. The maximum atomic E-state index is 9.00. The zero-order valence-electron chi connectivity index (χ0n) is 10.8. The van der Waals surface area contributed by atoms with Gasteiger partial charge in [-0.1, -0.05) is 5.92 Å². The molecule has 0 radical (unpaired) electrons. The fourth-order valence-corrected chi connectivity index (χ4v) is 3.47. The Balaban J connectivity index is 2.24. The van der Waals surface area contributed by atoms with Crippen LogP contribution in [0.5, 0.6) is 0 Å². The van der Waals surface area contributed by atoms with Gasteiger partial charge >= 0.3 is 0 Å². The Morgan fingerprint density at radius 1 is 1.05 bits per heavy atom. The van der Waals surface area contributed by atoms with Crippen LogP contribution in [-0.4, -0.2) is 23.4 Å². The van der Waals surface area contributed by atoms with Crippen molar-refractivity contribution < 1.29 is 10.2 Å². The summed E-state index contributed by atoms with van der Waals surface area (Å²) >= 11 is 3.05. The van der Waals surface area contributed by atoms with Crippen molar-refractivity contribution in [3.8, 4) is 24.2 Å². The molecule has 0 aromatic carbocycles. The first-order chi connectivity index (χ1) is 9.78. The summed E-state index contributed by atoms with van der Waals surface area (Å²) in [6, 6.07) is 3.94. The van der Waals surface area contributed by atoms with E-state index in [4.69, 9.17) is 16.6 Å². The predicted molar refractivity (Wildman–Crippen MR) is 84.1 cm³/mol. The Morgan fingerprint density at radius 3 is 2.50 bits per heavy atom. The largest absolute Gasteiger partial charge is 0.396 e. The summed E-state index contributed by atoms with van der Waals surface area (Å²) < 4.78 is 0. The SMILES string of the molecule is C#Cc1sc(C#Cc2sccc2CCO)cc1CCO. The molecule has 0 bridgehead atoms. The summed E-state index contributed by atoms with van der Waals surface area (Å²) in [6.45, 7) is 0.218. The molecule has 2 aromatic heterocycles. The predicted octanol–water partition coefficient (Wildman–Crippen LogP) is 2.26. The highest BCUT2D eigenvalue weighted by Crippen LogP contribution is 2.22. The zero-order chi connectivity index (χ0) is 14.4. The van der Waals surface area contributed by atoms with Gasteiger partial charge in [0.15, 0.2) is 0 Å². The minimum Gasteiger partial charge on any atom is -0.396 e. The molecule has 0 spiro atoms. The molecule has 2 nitrogen and oxygen atoms in total. The first kappa shape index (κ1) is 14.8. The summed E-state index contributed by atoms with van der Waals surface area (Å²) in [4.78, 5) is 2.73. The van der Waals surface area contributed by atoms with E-state index >= 15 is 0 Å². The van der Waals surface area contributed by atoms with Gasteiger partial charge in [-0.3, -0.25) is 0 Å². The van der Waals surface area contributed by atoms with Gasteiger partial charge in [-0.25, -0.2) is 0 Å². The van der Waals surface area contributed by atoms with Gasteiger partial charge in [-0.15, -0.1) is 29.1 Å². The lowest BCUT2D eigenvalue weighted by atomic mass is 10.2. The molecule has 2 rings (SSSR count). The second-order valence-corrected chi connectivity index (χ2v) is 6.05. The normalized spacial score (nSPS) is 9.85. The average Bonchev–Trinajstić information content (AvgIpc) is 3.04. The van der Waals surface area contributed by atoms with Crippen LogP contribution >= 0.6 is 22.7 Å². The van der Waals surface area contributed by atoms with E-state index in [1.54, 1.807) is 11.3 Å². The fourth-order valence-electron chi connectivity index (χ4n) is 1.80. The maximum Gasteiger partial charge on any atom is 0.0811 e. The van der Waals surface area contributed by atoms with Crippen LogP contribution in [-0.2, 0) is 12.8 Å². The molecule has 0 aliphatic heterocycles. The van der Waals surface area contributed by atoms with Crippen LogP contribution in [0.4, 0.5) is 0 Å². The lowest BCUT2D eigenvalue weighted by molar-refractivity contribution is 0.299. The molecule has 0 fully saturated rings. The van der Waals surface area contributed by atoms with E-state index in [1.807, 2.05) is 17.5 Å². The molecule has 0 saturated carbocycles. The summed E-state index contributed by atoms with van der Waals surface area (Å²) in [5.41, 5.74) is 2.06. The Hall–Kier alpha value is -1.56. The molecule has 0 atom stereocenters. The van der Waals surface area contributed by atoms with Gasteiger partial charge in [0.05, 0.1) is 14.6 Å². The van der Waals surface area contributed by atoms with E-state index in [-0.39, 0.29) is 13.2 Å². The van der Waals surface area contributed by atoms with Crippen LogP contribution in [0.3, 0.4) is 0 Å². The first-order valence-corrected chi connectivity index (χ1v) is 7.87. The van der Waals surface area contributed by atoms with Crippen molar-refractivity contribution in [1.82, 2.24) is 0 Å². The van der Waals surface area contributed by atoms with Gasteiger partial charge in [0.2, 0.25) is 0 Å². The van der Waals surface area contributed by atoms with Crippen molar-refractivity contribution in [2.75, 3.05) is 13.2 Å². The maximum absolute atomic E-state index is 9.00. The molecule has 20 heavy (non-hydrogen) atoms. The number of aliphatic hydroxyl groups is 2. The smallest absolute Gasteiger partial charge is 0.0811 e. The molecule has 2 heterocycles. The van der Waals surface area contributed by atoms with Crippen molar-refractivity contribution in [2.45, 2.75) is 12.8 Å². The third-order valence-corrected chi connectivity index (χ3v) is 4.64.